The Hall–Kier alpha value is -1.51. The number of nitrogens with zero attached hydrogens (tertiary/aromatic N) is 3. The molecule has 0 aromatic carbocycles. The van der Waals surface area contributed by atoms with Crippen molar-refractivity contribution in [2.75, 3.05) is 39.9 Å². The van der Waals surface area contributed by atoms with E-state index in [1.54, 1.807) is 0 Å². The van der Waals surface area contributed by atoms with Crippen molar-refractivity contribution in [3.63, 3.8) is 0 Å². The van der Waals surface area contributed by atoms with E-state index in [9.17, 15) is 18.0 Å². The zero-order valence-corrected chi connectivity index (χ0v) is 14.8. The van der Waals surface area contributed by atoms with Gasteiger partial charge in [0.15, 0.2) is 0 Å². The van der Waals surface area contributed by atoms with Crippen molar-refractivity contribution in [2.45, 2.75) is 24.6 Å². The maximum absolute atomic E-state index is 12.6. The molecule has 4 fully saturated rings. The first-order chi connectivity index (χ1) is 12.2. The number of carbonyl (C=O) groups is 2. The van der Waals surface area contributed by atoms with Crippen LogP contribution in [0.1, 0.15) is 6.42 Å². The highest BCUT2D eigenvalue weighted by Crippen LogP contribution is 2.47. The summed E-state index contributed by atoms with van der Waals surface area (Å²) in [5, 5.41) is 0.632. The number of urea groups is 1. The van der Waals surface area contributed by atoms with Gasteiger partial charge in [0.25, 0.3) is 5.91 Å². The number of ether oxygens (including phenoxy) is 1. The quantitative estimate of drug-likeness (QED) is 0.401. The van der Waals surface area contributed by atoms with Gasteiger partial charge in [-0.15, -0.1) is 4.28 Å². The molecule has 4 saturated heterocycles. The zero-order valence-electron chi connectivity index (χ0n) is 14.0. The number of fused-ring (bicyclic) bond motifs is 3. The van der Waals surface area contributed by atoms with Crippen LogP contribution in [0.5, 0.6) is 0 Å². The summed E-state index contributed by atoms with van der Waals surface area (Å²) in [5.74, 6) is -0.480. The number of nitrogens with one attached hydrogen (secondary N) is 1. The van der Waals surface area contributed by atoms with Gasteiger partial charge in [-0.25, -0.2) is 10.3 Å². The molecule has 146 valence electrons. The van der Waals surface area contributed by atoms with Crippen LogP contribution in [0.4, 0.5) is 4.79 Å². The topological polar surface area (TPSA) is 138 Å². The van der Waals surface area contributed by atoms with E-state index in [0.717, 1.165) is 0 Å². The molecule has 0 aromatic heterocycles. The first-order valence-corrected chi connectivity index (χ1v) is 9.54. The molecular weight excluding hydrogens is 372 g/mol. The van der Waals surface area contributed by atoms with E-state index in [4.69, 9.17) is 14.1 Å². The van der Waals surface area contributed by atoms with Crippen LogP contribution in [0.2, 0.25) is 0 Å². The highest BCUT2D eigenvalue weighted by Gasteiger charge is 2.63. The lowest BCUT2D eigenvalue weighted by Crippen LogP contribution is -2.63. The molecule has 2 atom stereocenters. The number of likely N-dealkylation sites (N-methyl/N-ethyl adjacent to an activating group) is 1. The fourth-order valence-electron chi connectivity index (χ4n) is 3.95. The van der Waals surface area contributed by atoms with Gasteiger partial charge in [0, 0.05) is 25.0 Å². The van der Waals surface area contributed by atoms with E-state index >= 15 is 0 Å². The average Bonchev–Trinajstić information content (AvgIpc) is 2.75. The van der Waals surface area contributed by atoms with Gasteiger partial charge in [-0.3, -0.25) is 14.2 Å². The van der Waals surface area contributed by atoms with Crippen LogP contribution in [0, 0.1) is 5.41 Å². The summed E-state index contributed by atoms with van der Waals surface area (Å²) in [5.41, 5.74) is 1.79. The Morgan fingerprint density at radius 3 is 2.58 bits per heavy atom. The normalized spacial score (nSPS) is 31.1. The third-order valence-electron chi connectivity index (χ3n) is 5.38. The van der Waals surface area contributed by atoms with Crippen LogP contribution in [0.3, 0.4) is 0 Å². The van der Waals surface area contributed by atoms with Gasteiger partial charge in [-0.1, -0.05) is 0 Å². The minimum atomic E-state index is -4.87. The lowest BCUT2D eigenvalue weighted by atomic mass is 9.71. The number of hydrogen-bond acceptors (Lipinski definition) is 8. The number of rotatable bonds is 5. The van der Waals surface area contributed by atoms with Crippen molar-refractivity contribution in [1.82, 2.24) is 20.3 Å². The van der Waals surface area contributed by atoms with Gasteiger partial charge in [-0.2, -0.15) is 13.5 Å². The Bertz CT molecular complexity index is 720. The molecule has 2 N–H and O–H groups in total. The predicted octanol–water partition coefficient (Wildman–Crippen LogP) is -2.02. The highest BCUT2D eigenvalue weighted by molar-refractivity contribution is 7.80. The van der Waals surface area contributed by atoms with Gasteiger partial charge in [-0.05, 0) is 13.5 Å². The molecule has 2 bridgehead atoms. The van der Waals surface area contributed by atoms with Gasteiger partial charge < -0.3 is 14.5 Å². The molecule has 13 heteroatoms. The number of hydrogen-bond donors (Lipinski definition) is 2. The van der Waals surface area contributed by atoms with Crippen molar-refractivity contribution in [3.05, 3.63) is 0 Å². The Morgan fingerprint density at radius 2 is 2.04 bits per heavy atom. The number of carbonyl (C=O) groups excluding carboxylic acids is 2. The van der Waals surface area contributed by atoms with E-state index in [0.29, 0.717) is 18.2 Å². The Kier molecular flexibility index (Phi) is 4.13. The highest BCUT2D eigenvalue weighted by atomic mass is 32.3. The SMILES string of the molecule is CN1CC(ONC(=O)C2CC3(COC3)C3CN2C(=O)N3OS(=O)(=O)O)C1. The second kappa shape index (κ2) is 6.00. The molecule has 3 amide bonds. The van der Waals surface area contributed by atoms with E-state index in [-0.39, 0.29) is 32.3 Å². The fourth-order valence-corrected chi connectivity index (χ4v) is 4.32. The molecule has 4 rings (SSSR count). The van der Waals surface area contributed by atoms with Crippen LogP contribution >= 0.6 is 0 Å². The summed E-state index contributed by atoms with van der Waals surface area (Å²) in [6, 6.07) is -2.26. The Morgan fingerprint density at radius 1 is 1.35 bits per heavy atom. The van der Waals surface area contributed by atoms with Gasteiger partial charge >= 0.3 is 16.4 Å². The lowest BCUT2D eigenvalue weighted by Gasteiger charge is -2.50. The minimum absolute atomic E-state index is 0.0992. The summed E-state index contributed by atoms with van der Waals surface area (Å²) in [6.45, 7) is 2.03. The smallest absolute Gasteiger partial charge is 0.380 e. The summed E-state index contributed by atoms with van der Waals surface area (Å²) >= 11 is 0. The predicted molar refractivity (Wildman–Crippen MR) is 82.5 cm³/mol. The van der Waals surface area contributed by atoms with Crippen LogP contribution in [-0.4, -0.2) is 97.9 Å². The number of likely N-dealkylation sites (tertiary alicyclic amines) is 1. The average molecular weight is 392 g/mol. The number of hydroxylamine groups is 3. The van der Waals surface area contributed by atoms with E-state index in [1.807, 2.05) is 11.9 Å². The largest absolute Gasteiger partial charge is 0.418 e. The Labute approximate surface area is 149 Å². The van der Waals surface area contributed by atoms with E-state index in [1.165, 1.54) is 4.90 Å². The Balaban J connectivity index is 1.49. The third-order valence-corrected chi connectivity index (χ3v) is 5.73. The molecule has 12 nitrogen and oxygen atoms in total. The molecular formula is C13H20N4O8S. The second-order valence-electron chi connectivity index (χ2n) is 7.28. The van der Waals surface area contributed by atoms with Crippen molar-refractivity contribution in [1.29, 1.82) is 0 Å². The van der Waals surface area contributed by atoms with E-state index < -0.39 is 39.8 Å². The van der Waals surface area contributed by atoms with Crippen LogP contribution in [0.15, 0.2) is 0 Å². The molecule has 0 radical (unpaired) electrons. The van der Waals surface area contributed by atoms with Crippen molar-refractivity contribution < 1.29 is 36.4 Å². The van der Waals surface area contributed by atoms with Crippen molar-refractivity contribution in [3.8, 4) is 0 Å². The van der Waals surface area contributed by atoms with Crippen LogP contribution in [-0.2, 0) is 29.1 Å². The summed E-state index contributed by atoms with van der Waals surface area (Å²) < 4.78 is 40.8. The van der Waals surface area contributed by atoms with Crippen molar-refractivity contribution >= 4 is 22.3 Å². The first kappa shape index (κ1) is 17.9. The lowest BCUT2D eigenvalue weighted by molar-refractivity contribution is -0.195. The maximum Gasteiger partial charge on any atom is 0.418 e. The monoisotopic (exact) mass is 392 g/mol. The van der Waals surface area contributed by atoms with Crippen molar-refractivity contribution in [2.24, 2.45) is 5.41 Å². The van der Waals surface area contributed by atoms with E-state index in [2.05, 4.69) is 9.76 Å². The number of piperidine rings is 1. The maximum atomic E-state index is 12.6. The molecule has 0 aromatic rings. The summed E-state index contributed by atoms with van der Waals surface area (Å²) in [4.78, 5) is 33.7. The third kappa shape index (κ3) is 2.93. The molecule has 1 spiro atoms. The second-order valence-corrected chi connectivity index (χ2v) is 8.29. The summed E-state index contributed by atoms with van der Waals surface area (Å²) in [6.07, 6.45) is 0.184. The summed E-state index contributed by atoms with van der Waals surface area (Å²) in [7, 11) is -2.94. The molecule has 26 heavy (non-hydrogen) atoms. The molecule has 4 aliphatic rings. The molecule has 0 aliphatic carbocycles. The molecule has 4 aliphatic heterocycles. The first-order valence-electron chi connectivity index (χ1n) is 8.17. The molecule has 2 unspecified atom stereocenters. The molecule has 4 heterocycles. The minimum Gasteiger partial charge on any atom is -0.380 e. The van der Waals surface area contributed by atoms with Gasteiger partial charge in [0.05, 0.1) is 19.3 Å². The van der Waals surface area contributed by atoms with Crippen LogP contribution in [0.25, 0.3) is 0 Å². The van der Waals surface area contributed by atoms with Gasteiger partial charge in [0.1, 0.15) is 12.1 Å². The number of amides is 3. The standard InChI is InChI=1S/C13H20N4O8S/c1-15-3-8(4-15)24-14-11(18)9-2-13(6-23-7-13)10-5-16(9)12(19)17(10)25-26(20,21)22/h8-10H,2-7H2,1H3,(H,14,18)(H,20,21,22). The molecule has 0 saturated carbocycles. The van der Waals surface area contributed by atoms with Crippen LogP contribution < -0.4 is 5.48 Å². The van der Waals surface area contributed by atoms with Gasteiger partial charge in [0.2, 0.25) is 0 Å². The zero-order chi connectivity index (χ0) is 18.7. The fraction of sp³-hybridized carbons (Fsp3) is 0.846.